The zero-order chi connectivity index (χ0) is 23.7. The van der Waals surface area contributed by atoms with Crippen LogP contribution in [0.3, 0.4) is 0 Å². The number of amides is 1. The van der Waals surface area contributed by atoms with E-state index in [0.29, 0.717) is 27.6 Å². The molecule has 0 spiro atoms. The Kier molecular flexibility index (Phi) is 6.45. The molecule has 176 valence electrons. The normalized spacial score (nSPS) is 16.1. The average Bonchev–Trinajstić information content (AvgIpc) is 2.85. The summed E-state index contributed by atoms with van der Waals surface area (Å²) in [6, 6.07) is 11.1. The van der Waals surface area contributed by atoms with E-state index in [0.717, 1.165) is 37.4 Å². The maximum Gasteiger partial charge on any atom is 0.268 e. The molecule has 8 nitrogen and oxygen atoms in total. The Morgan fingerprint density at radius 3 is 2.68 bits per heavy atom. The fourth-order valence-corrected chi connectivity index (χ4v) is 4.92. The summed E-state index contributed by atoms with van der Waals surface area (Å²) in [6.45, 7) is 1.95. The zero-order valence-electron chi connectivity index (χ0n) is 18.5. The van der Waals surface area contributed by atoms with Crippen LogP contribution < -0.4 is 25.0 Å². The summed E-state index contributed by atoms with van der Waals surface area (Å²) in [5.74, 6) is 1.47. The first-order valence-corrected chi connectivity index (χ1v) is 11.7. The van der Waals surface area contributed by atoms with Crippen molar-refractivity contribution in [1.82, 2.24) is 15.3 Å². The summed E-state index contributed by atoms with van der Waals surface area (Å²) in [6.07, 6.45) is 3.60. The maximum atomic E-state index is 13.1. The molecule has 0 radical (unpaired) electrons. The van der Waals surface area contributed by atoms with E-state index in [1.165, 1.54) is 16.7 Å². The highest BCUT2D eigenvalue weighted by atomic mass is 35.5. The zero-order valence-corrected chi connectivity index (χ0v) is 20.0. The number of carbonyl (C=O) groups excluding carboxylic acids is 1. The molecule has 0 atom stereocenters. The number of para-hydroxylation sites is 1. The van der Waals surface area contributed by atoms with E-state index in [2.05, 4.69) is 26.7 Å². The van der Waals surface area contributed by atoms with Crippen LogP contribution in [-0.2, 0) is 0 Å². The monoisotopic (exact) mass is 499 g/mol. The molecule has 3 heterocycles. The van der Waals surface area contributed by atoms with Crippen LogP contribution in [0.25, 0.3) is 0 Å². The van der Waals surface area contributed by atoms with E-state index in [1.54, 1.807) is 25.3 Å². The molecule has 34 heavy (non-hydrogen) atoms. The Morgan fingerprint density at radius 2 is 1.94 bits per heavy atom. The van der Waals surface area contributed by atoms with Crippen molar-refractivity contribution in [2.75, 3.05) is 37.1 Å². The molecule has 2 aliphatic heterocycles. The lowest BCUT2D eigenvalue weighted by molar-refractivity contribution is 0.0932. The first-order valence-electron chi connectivity index (χ1n) is 11.0. The Bertz CT molecular complexity index is 1210. The molecule has 1 saturated heterocycles. The lowest BCUT2D eigenvalue weighted by Gasteiger charge is -2.29. The summed E-state index contributed by atoms with van der Waals surface area (Å²) in [5, 5.41) is 7.27. The molecule has 0 saturated carbocycles. The highest BCUT2D eigenvalue weighted by molar-refractivity contribution is 6.40. The third-order valence-electron chi connectivity index (χ3n) is 6.04. The molecule has 3 aromatic rings. The van der Waals surface area contributed by atoms with Gasteiger partial charge < -0.3 is 20.1 Å². The van der Waals surface area contributed by atoms with Crippen molar-refractivity contribution in [3.8, 4) is 11.6 Å². The molecule has 0 aliphatic carbocycles. The second kappa shape index (κ2) is 9.66. The lowest BCUT2D eigenvalue weighted by atomic mass is 9.89. The third kappa shape index (κ3) is 4.36. The van der Waals surface area contributed by atoms with Crippen LogP contribution in [0.5, 0.6) is 11.6 Å². The first-order chi connectivity index (χ1) is 16.5. The van der Waals surface area contributed by atoms with Crippen LogP contribution >= 0.6 is 23.2 Å². The number of aromatic nitrogens is 2. The van der Waals surface area contributed by atoms with Gasteiger partial charge in [0.15, 0.2) is 6.73 Å². The number of piperidine rings is 1. The molecule has 1 aromatic heterocycles. The smallest absolute Gasteiger partial charge is 0.268 e. The van der Waals surface area contributed by atoms with Gasteiger partial charge in [-0.25, -0.2) is 4.98 Å². The van der Waals surface area contributed by atoms with Crippen molar-refractivity contribution in [3.63, 3.8) is 0 Å². The van der Waals surface area contributed by atoms with Gasteiger partial charge in [0.05, 0.1) is 22.8 Å². The highest BCUT2D eigenvalue weighted by Gasteiger charge is 2.31. The predicted octanol–water partition coefficient (Wildman–Crippen LogP) is 5.00. The van der Waals surface area contributed by atoms with E-state index in [9.17, 15) is 4.79 Å². The summed E-state index contributed by atoms with van der Waals surface area (Å²) in [5.41, 5.74) is 2.60. The molecular weight excluding hydrogens is 477 g/mol. The van der Waals surface area contributed by atoms with Gasteiger partial charge in [0, 0.05) is 18.0 Å². The van der Waals surface area contributed by atoms with Gasteiger partial charge in [-0.15, -0.1) is 0 Å². The molecule has 0 bridgehead atoms. The lowest BCUT2D eigenvalue weighted by Crippen LogP contribution is -2.39. The molecule has 2 aliphatic rings. The number of ether oxygens (including phenoxy) is 2. The van der Waals surface area contributed by atoms with Gasteiger partial charge in [-0.2, -0.15) is 4.98 Å². The number of anilines is 3. The van der Waals surface area contributed by atoms with Crippen LogP contribution in [0, 0.1) is 0 Å². The van der Waals surface area contributed by atoms with Gasteiger partial charge in [0.1, 0.15) is 11.3 Å². The van der Waals surface area contributed by atoms with Crippen molar-refractivity contribution in [2.45, 2.75) is 18.8 Å². The number of benzene rings is 2. The van der Waals surface area contributed by atoms with Crippen LogP contribution in [0.1, 0.15) is 34.7 Å². The number of fused-ring (bicyclic) bond motifs is 1. The summed E-state index contributed by atoms with van der Waals surface area (Å²) in [7, 11) is 1.68. The molecule has 1 fully saturated rings. The molecule has 5 rings (SSSR count). The van der Waals surface area contributed by atoms with Crippen molar-refractivity contribution >= 4 is 46.4 Å². The van der Waals surface area contributed by atoms with Gasteiger partial charge >= 0.3 is 0 Å². The van der Waals surface area contributed by atoms with Gasteiger partial charge in [-0.05, 0) is 55.6 Å². The minimum Gasteiger partial charge on any atom is -0.496 e. The largest absolute Gasteiger partial charge is 0.496 e. The molecule has 2 N–H and O–H groups in total. The van der Waals surface area contributed by atoms with E-state index in [4.69, 9.17) is 32.7 Å². The fraction of sp³-hybridized carbons (Fsp3) is 0.292. The van der Waals surface area contributed by atoms with E-state index in [1.807, 2.05) is 12.1 Å². The minimum absolute atomic E-state index is 0.0650. The number of hydrogen-bond acceptors (Lipinski definition) is 7. The van der Waals surface area contributed by atoms with Crippen molar-refractivity contribution in [2.24, 2.45) is 0 Å². The maximum absolute atomic E-state index is 13.1. The Hall–Kier alpha value is -3.07. The number of methoxy groups -OCH3 is 1. The average molecular weight is 500 g/mol. The second-order valence-electron chi connectivity index (χ2n) is 8.10. The number of halogens is 2. The summed E-state index contributed by atoms with van der Waals surface area (Å²) >= 11 is 12.5. The molecular formula is C24H23Cl2N5O3. The van der Waals surface area contributed by atoms with Crippen LogP contribution in [0.2, 0.25) is 10.0 Å². The third-order valence-corrected chi connectivity index (χ3v) is 6.65. The molecule has 2 aromatic carbocycles. The first kappa shape index (κ1) is 22.7. The SMILES string of the molecule is COc1cc(Nc2ncc3c(n2)OCN(c2c(Cl)cccc2Cl)C3=O)ccc1C1CCNCC1. The Balaban J connectivity index is 1.36. The summed E-state index contributed by atoms with van der Waals surface area (Å²) in [4.78, 5) is 23.1. The number of hydrogen-bond donors (Lipinski definition) is 2. The van der Waals surface area contributed by atoms with E-state index >= 15 is 0 Å². The molecule has 0 unspecified atom stereocenters. The quantitative estimate of drug-likeness (QED) is 0.510. The van der Waals surface area contributed by atoms with Crippen molar-refractivity contribution < 1.29 is 14.3 Å². The number of rotatable bonds is 5. The Labute approximate surface area is 207 Å². The standard InChI is InChI=1S/C24H23Cl2N5O3/c1-33-20-11-15(5-6-16(20)14-7-9-27-10-8-14)29-24-28-12-17-22(30-24)34-13-31(23(17)32)21-18(25)3-2-4-19(21)26/h2-6,11-12,14,27H,7-10,13H2,1H3,(H,28,29,30). The molecule has 1 amide bonds. The van der Waals surface area contributed by atoms with Crippen molar-refractivity contribution in [3.05, 3.63) is 63.8 Å². The van der Waals surface area contributed by atoms with Crippen LogP contribution in [0.4, 0.5) is 17.3 Å². The number of nitrogens with one attached hydrogen (secondary N) is 2. The van der Waals surface area contributed by atoms with Gasteiger partial charge in [-0.1, -0.05) is 35.3 Å². The second-order valence-corrected chi connectivity index (χ2v) is 8.91. The van der Waals surface area contributed by atoms with Crippen LogP contribution in [0.15, 0.2) is 42.6 Å². The minimum atomic E-state index is -0.337. The van der Waals surface area contributed by atoms with E-state index < -0.39 is 0 Å². The molecule has 10 heteroatoms. The Morgan fingerprint density at radius 1 is 1.18 bits per heavy atom. The topological polar surface area (TPSA) is 88.6 Å². The van der Waals surface area contributed by atoms with Gasteiger partial charge in [0.2, 0.25) is 11.8 Å². The van der Waals surface area contributed by atoms with E-state index in [-0.39, 0.29) is 24.1 Å². The highest BCUT2D eigenvalue weighted by Crippen LogP contribution is 2.38. The fourth-order valence-electron chi connectivity index (χ4n) is 4.31. The van der Waals surface area contributed by atoms with Crippen molar-refractivity contribution in [1.29, 1.82) is 0 Å². The number of nitrogens with zero attached hydrogens (tertiary/aromatic N) is 3. The summed E-state index contributed by atoms with van der Waals surface area (Å²) < 4.78 is 11.4. The predicted molar refractivity (Wildman–Crippen MR) is 132 cm³/mol. The van der Waals surface area contributed by atoms with Gasteiger partial charge in [0.25, 0.3) is 5.91 Å². The van der Waals surface area contributed by atoms with Crippen LogP contribution in [-0.4, -0.2) is 42.8 Å². The number of carbonyl (C=O) groups is 1. The van der Waals surface area contributed by atoms with Gasteiger partial charge in [-0.3, -0.25) is 9.69 Å².